The summed E-state index contributed by atoms with van der Waals surface area (Å²) in [5.74, 6) is -0.981. The van der Waals surface area contributed by atoms with Gasteiger partial charge in [-0.3, -0.25) is 4.79 Å². The highest BCUT2D eigenvalue weighted by Crippen LogP contribution is 2.29. The maximum absolute atomic E-state index is 13.9. The van der Waals surface area contributed by atoms with Crippen molar-refractivity contribution in [3.05, 3.63) is 106 Å². The van der Waals surface area contributed by atoms with Crippen LogP contribution in [-0.2, 0) is 12.8 Å². The lowest BCUT2D eigenvalue weighted by Gasteiger charge is -2.19. The van der Waals surface area contributed by atoms with E-state index >= 15 is 0 Å². The van der Waals surface area contributed by atoms with Crippen LogP contribution in [0, 0.1) is 25.5 Å². The van der Waals surface area contributed by atoms with E-state index in [1.807, 2.05) is 24.3 Å². The second-order valence-electron chi connectivity index (χ2n) is 8.13. The van der Waals surface area contributed by atoms with Crippen molar-refractivity contribution in [1.29, 1.82) is 0 Å². The maximum Gasteiger partial charge on any atom is 0.150 e. The largest absolute Gasteiger partial charge is 0.298 e. The Morgan fingerprint density at radius 2 is 1.47 bits per heavy atom. The number of aryl methyl sites for hydroxylation is 3. The van der Waals surface area contributed by atoms with Crippen LogP contribution in [0.5, 0.6) is 0 Å². The molecule has 3 heteroatoms. The lowest BCUT2D eigenvalue weighted by atomic mass is 9.86. The molecule has 0 aromatic heterocycles. The van der Waals surface area contributed by atoms with Crippen LogP contribution in [0.25, 0.3) is 0 Å². The highest BCUT2D eigenvalue weighted by Gasteiger charge is 2.15. The smallest absolute Gasteiger partial charge is 0.150 e. The van der Waals surface area contributed by atoms with Crippen molar-refractivity contribution in [3.8, 4) is 0 Å². The minimum atomic E-state index is -0.523. The Kier molecular flexibility index (Phi) is 7.51. The Morgan fingerprint density at radius 1 is 0.800 bits per heavy atom. The minimum Gasteiger partial charge on any atom is -0.298 e. The second kappa shape index (κ2) is 10.3. The molecule has 3 aromatic carbocycles. The fraction of sp³-hybridized carbons (Fsp3) is 0.296. The van der Waals surface area contributed by atoms with Crippen LogP contribution in [0.4, 0.5) is 8.78 Å². The van der Waals surface area contributed by atoms with Gasteiger partial charge in [0.2, 0.25) is 0 Å². The average Bonchev–Trinajstić information content (AvgIpc) is 2.72. The number of hydrogen-bond donors (Lipinski definition) is 0. The zero-order valence-electron chi connectivity index (χ0n) is 17.6. The summed E-state index contributed by atoms with van der Waals surface area (Å²) in [6.07, 6.45) is 5.34. The first kappa shape index (κ1) is 21.9. The quantitative estimate of drug-likeness (QED) is 0.273. The van der Waals surface area contributed by atoms with Gasteiger partial charge in [0.1, 0.15) is 17.9 Å². The summed E-state index contributed by atoms with van der Waals surface area (Å²) in [7, 11) is 0. The molecule has 30 heavy (non-hydrogen) atoms. The van der Waals surface area contributed by atoms with Crippen LogP contribution in [0.3, 0.4) is 0 Å². The van der Waals surface area contributed by atoms with E-state index < -0.39 is 11.6 Å². The molecular weight excluding hydrogens is 378 g/mol. The first-order valence-corrected chi connectivity index (χ1v) is 10.5. The molecule has 0 aliphatic rings. The molecule has 0 bridgehead atoms. The Balaban J connectivity index is 1.68. The first-order chi connectivity index (χ1) is 14.4. The normalized spacial score (nSPS) is 12.0. The molecule has 0 heterocycles. The number of aldehydes is 1. The van der Waals surface area contributed by atoms with Crippen molar-refractivity contribution >= 4 is 6.29 Å². The highest BCUT2D eigenvalue weighted by atomic mass is 19.1. The van der Waals surface area contributed by atoms with Gasteiger partial charge in [-0.25, -0.2) is 8.78 Å². The Hall–Kier alpha value is -2.81. The van der Waals surface area contributed by atoms with Gasteiger partial charge in [0.15, 0.2) is 0 Å². The van der Waals surface area contributed by atoms with E-state index in [0.717, 1.165) is 50.0 Å². The van der Waals surface area contributed by atoms with E-state index in [9.17, 15) is 13.6 Å². The molecule has 1 nitrogen and oxygen atoms in total. The molecule has 0 amide bonds. The van der Waals surface area contributed by atoms with Gasteiger partial charge in [0.05, 0.1) is 0 Å². The molecule has 156 valence electrons. The monoisotopic (exact) mass is 406 g/mol. The molecule has 0 radical (unpaired) electrons. The topological polar surface area (TPSA) is 17.1 Å². The van der Waals surface area contributed by atoms with Crippen molar-refractivity contribution in [2.75, 3.05) is 0 Å². The summed E-state index contributed by atoms with van der Waals surface area (Å²) in [5, 5.41) is 0. The van der Waals surface area contributed by atoms with Crippen LogP contribution in [0.2, 0.25) is 0 Å². The third-order valence-electron chi connectivity index (χ3n) is 5.79. The molecule has 1 atom stereocenters. The lowest BCUT2D eigenvalue weighted by molar-refractivity contribution is 0.112. The standard InChI is InChI=1S/C27H28F2O/c1-19-7-8-23(13-20(19)2)14-24(25-15-26(28)17-27(29)16-25)6-4-3-5-21-9-11-22(18-30)12-10-21/h7-13,15-18,24H,3-6,14H2,1-2H3. The second-order valence-corrected chi connectivity index (χ2v) is 8.13. The summed E-state index contributed by atoms with van der Waals surface area (Å²) < 4.78 is 27.7. The van der Waals surface area contributed by atoms with E-state index in [0.29, 0.717) is 5.56 Å². The van der Waals surface area contributed by atoms with E-state index in [4.69, 9.17) is 0 Å². The van der Waals surface area contributed by atoms with E-state index in [1.165, 1.54) is 34.4 Å². The highest BCUT2D eigenvalue weighted by molar-refractivity contribution is 5.74. The Labute approximate surface area is 177 Å². The molecule has 0 fully saturated rings. The number of halogens is 2. The Morgan fingerprint density at radius 3 is 2.10 bits per heavy atom. The van der Waals surface area contributed by atoms with Gasteiger partial charge >= 0.3 is 0 Å². The van der Waals surface area contributed by atoms with Crippen LogP contribution in [-0.4, -0.2) is 6.29 Å². The van der Waals surface area contributed by atoms with E-state index in [1.54, 1.807) is 0 Å². The summed E-state index contributed by atoms with van der Waals surface area (Å²) in [5.41, 5.74) is 6.27. The van der Waals surface area contributed by atoms with E-state index in [-0.39, 0.29) is 5.92 Å². The third-order valence-corrected chi connectivity index (χ3v) is 5.79. The molecule has 3 rings (SSSR count). The molecule has 1 unspecified atom stereocenters. The molecule has 0 saturated carbocycles. The van der Waals surface area contributed by atoms with Gasteiger partial charge in [-0.15, -0.1) is 0 Å². The Bertz CT molecular complexity index is 972. The number of unbranched alkanes of at least 4 members (excludes halogenated alkanes) is 1. The maximum atomic E-state index is 13.9. The lowest BCUT2D eigenvalue weighted by Crippen LogP contribution is -2.05. The van der Waals surface area contributed by atoms with E-state index in [2.05, 4.69) is 32.0 Å². The number of carbonyl (C=O) groups excluding carboxylic acids is 1. The number of carbonyl (C=O) groups is 1. The predicted molar refractivity (Wildman–Crippen MR) is 118 cm³/mol. The van der Waals surface area contributed by atoms with Gasteiger partial charge < -0.3 is 0 Å². The zero-order chi connectivity index (χ0) is 21.5. The van der Waals surface area contributed by atoms with Crippen molar-refractivity contribution < 1.29 is 13.6 Å². The van der Waals surface area contributed by atoms with Crippen LogP contribution in [0.1, 0.15) is 63.4 Å². The van der Waals surface area contributed by atoms with Crippen molar-refractivity contribution in [3.63, 3.8) is 0 Å². The van der Waals surface area contributed by atoms with Crippen LogP contribution < -0.4 is 0 Å². The average molecular weight is 407 g/mol. The fourth-order valence-electron chi connectivity index (χ4n) is 3.90. The summed E-state index contributed by atoms with van der Waals surface area (Å²) in [6, 6.07) is 17.9. The number of rotatable bonds is 9. The van der Waals surface area contributed by atoms with Crippen LogP contribution >= 0.6 is 0 Å². The van der Waals surface area contributed by atoms with Crippen molar-refractivity contribution in [2.45, 2.75) is 51.9 Å². The molecule has 0 saturated heterocycles. The molecule has 3 aromatic rings. The molecular formula is C27H28F2O. The molecule has 0 N–H and O–H groups in total. The molecule has 0 aliphatic carbocycles. The summed E-state index contributed by atoms with van der Waals surface area (Å²) in [6.45, 7) is 4.17. The van der Waals surface area contributed by atoms with Crippen LogP contribution in [0.15, 0.2) is 60.7 Å². The number of benzene rings is 3. The molecule has 0 spiro atoms. The van der Waals surface area contributed by atoms with Crippen molar-refractivity contribution in [2.24, 2.45) is 0 Å². The fourth-order valence-corrected chi connectivity index (χ4v) is 3.90. The zero-order valence-corrected chi connectivity index (χ0v) is 17.6. The van der Waals surface area contributed by atoms with Gasteiger partial charge in [0.25, 0.3) is 0 Å². The predicted octanol–water partition coefficient (Wildman–Crippen LogP) is 7.13. The van der Waals surface area contributed by atoms with Gasteiger partial charge in [-0.2, -0.15) is 0 Å². The summed E-state index contributed by atoms with van der Waals surface area (Å²) in [4.78, 5) is 10.8. The molecule has 0 aliphatic heterocycles. The SMILES string of the molecule is Cc1ccc(CC(CCCCc2ccc(C=O)cc2)c2cc(F)cc(F)c2)cc1C. The van der Waals surface area contributed by atoms with Gasteiger partial charge in [0, 0.05) is 11.6 Å². The number of hydrogen-bond acceptors (Lipinski definition) is 1. The van der Waals surface area contributed by atoms with Crippen molar-refractivity contribution in [1.82, 2.24) is 0 Å². The van der Waals surface area contributed by atoms with Gasteiger partial charge in [-0.1, -0.05) is 48.9 Å². The third kappa shape index (κ3) is 6.09. The minimum absolute atomic E-state index is 0.0646. The summed E-state index contributed by atoms with van der Waals surface area (Å²) >= 11 is 0. The first-order valence-electron chi connectivity index (χ1n) is 10.5. The van der Waals surface area contributed by atoms with Gasteiger partial charge in [-0.05, 0) is 85.4 Å².